The number of carbonyl (C=O) groups is 1. The summed E-state index contributed by atoms with van der Waals surface area (Å²) >= 11 is 3.19. The third-order valence-corrected chi connectivity index (χ3v) is 5.46. The van der Waals surface area contributed by atoms with Gasteiger partial charge >= 0.3 is 0 Å². The Bertz CT molecular complexity index is 1480. The van der Waals surface area contributed by atoms with Crippen LogP contribution in [0.5, 0.6) is 5.75 Å². The largest absolute Gasteiger partial charge is 0.487 e. The number of hydrogen-bond donors (Lipinski definition) is 2. The minimum absolute atomic E-state index is 0.0335. The average molecular weight is 490 g/mol. The van der Waals surface area contributed by atoms with Crippen LogP contribution in [0.1, 0.15) is 15.9 Å². The maximum Gasteiger partial charge on any atom is 0.274 e. The summed E-state index contributed by atoms with van der Waals surface area (Å²) in [4.78, 5) is 40.1. The predicted octanol–water partition coefficient (Wildman–Crippen LogP) is 3.12. The van der Waals surface area contributed by atoms with Crippen LogP contribution < -0.4 is 21.2 Å². The second-order valence-electron chi connectivity index (χ2n) is 6.64. The average Bonchev–Trinajstić information content (AvgIpc) is 2.75. The molecule has 0 fully saturated rings. The lowest BCUT2D eigenvalue weighted by Gasteiger charge is -2.12. The van der Waals surface area contributed by atoms with E-state index < -0.39 is 22.8 Å². The zero-order chi connectivity index (χ0) is 22.3. The first-order valence-corrected chi connectivity index (χ1v) is 9.79. The number of benzene rings is 2. The van der Waals surface area contributed by atoms with Crippen molar-refractivity contribution in [2.45, 2.75) is 6.61 Å². The topological polar surface area (TPSA) is 92.7 Å². The number of amides is 1. The molecule has 0 radical (unpaired) electrons. The van der Waals surface area contributed by atoms with Crippen LogP contribution in [0.3, 0.4) is 0 Å². The first-order chi connectivity index (χ1) is 14.8. The first-order valence-electron chi connectivity index (χ1n) is 9.00. The Balaban J connectivity index is 1.85. The van der Waals surface area contributed by atoms with Gasteiger partial charge in [-0.05, 0) is 46.3 Å². The molecule has 7 nitrogen and oxygen atoms in total. The number of aromatic amines is 1. The van der Waals surface area contributed by atoms with E-state index in [2.05, 4.69) is 26.2 Å². The molecule has 0 saturated heterocycles. The minimum atomic E-state index is -0.783. The highest BCUT2D eigenvalue weighted by atomic mass is 79.9. The van der Waals surface area contributed by atoms with Crippen LogP contribution in [0.15, 0.2) is 56.5 Å². The molecule has 0 spiro atoms. The Morgan fingerprint density at radius 2 is 1.94 bits per heavy atom. The summed E-state index contributed by atoms with van der Waals surface area (Å²) in [5.74, 6) is -1.81. The highest BCUT2D eigenvalue weighted by Gasteiger charge is 2.16. The highest BCUT2D eigenvalue weighted by molar-refractivity contribution is 9.10. The molecule has 10 heteroatoms. The fraction of sp³-hybridized carbons (Fsp3) is 0.0952. The summed E-state index contributed by atoms with van der Waals surface area (Å²) in [6.07, 6.45) is 0. The van der Waals surface area contributed by atoms with Gasteiger partial charge in [0.1, 0.15) is 34.1 Å². The molecule has 0 aliphatic heterocycles. The molecule has 2 N–H and O–H groups in total. The van der Waals surface area contributed by atoms with Crippen LogP contribution in [0.4, 0.5) is 8.78 Å². The number of nitrogens with zero attached hydrogens (tertiary/aromatic N) is 1. The fourth-order valence-electron chi connectivity index (χ4n) is 3.17. The number of nitrogens with one attached hydrogen (secondary N) is 2. The van der Waals surface area contributed by atoms with Gasteiger partial charge in [-0.25, -0.2) is 8.78 Å². The van der Waals surface area contributed by atoms with Gasteiger partial charge in [-0.15, -0.1) is 0 Å². The number of hydrogen-bond acceptors (Lipinski definition) is 4. The van der Waals surface area contributed by atoms with Crippen molar-refractivity contribution in [3.63, 3.8) is 0 Å². The lowest BCUT2D eigenvalue weighted by Crippen LogP contribution is -2.23. The Kier molecular flexibility index (Phi) is 5.32. The number of pyridine rings is 1. The molecule has 4 rings (SSSR count). The van der Waals surface area contributed by atoms with Gasteiger partial charge in [0, 0.05) is 30.3 Å². The van der Waals surface area contributed by atoms with E-state index in [-0.39, 0.29) is 50.4 Å². The maximum absolute atomic E-state index is 13.9. The third kappa shape index (κ3) is 3.70. The first kappa shape index (κ1) is 20.7. The van der Waals surface area contributed by atoms with Crippen molar-refractivity contribution in [2.24, 2.45) is 0 Å². The van der Waals surface area contributed by atoms with Gasteiger partial charge < -0.3 is 15.0 Å². The second kappa shape index (κ2) is 7.95. The lowest BCUT2D eigenvalue weighted by atomic mass is 10.1. The number of fused-ring (bicyclic) bond motifs is 3. The summed E-state index contributed by atoms with van der Waals surface area (Å²) in [6, 6.07) is 8.86. The van der Waals surface area contributed by atoms with Gasteiger partial charge in [0.15, 0.2) is 0 Å². The third-order valence-electron chi connectivity index (χ3n) is 4.73. The number of aromatic nitrogens is 2. The summed E-state index contributed by atoms with van der Waals surface area (Å²) < 4.78 is 33.8. The van der Waals surface area contributed by atoms with Crippen LogP contribution in [0.25, 0.3) is 16.6 Å². The van der Waals surface area contributed by atoms with Crippen LogP contribution in [-0.4, -0.2) is 22.3 Å². The fourth-order valence-corrected chi connectivity index (χ4v) is 3.58. The normalized spacial score (nSPS) is 11.1. The molecule has 2 heterocycles. The molecular weight excluding hydrogens is 476 g/mol. The van der Waals surface area contributed by atoms with Crippen molar-refractivity contribution in [3.8, 4) is 5.75 Å². The molecular formula is C21H14BrF2N3O4. The summed E-state index contributed by atoms with van der Waals surface area (Å²) in [5.41, 5.74) is -0.290. The molecule has 0 atom stereocenters. The lowest BCUT2D eigenvalue weighted by molar-refractivity contribution is 0.0963. The maximum atomic E-state index is 13.9. The molecule has 1 amide bonds. The van der Waals surface area contributed by atoms with Gasteiger partial charge in [0.2, 0.25) is 0 Å². The van der Waals surface area contributed by atoms with Gasteiger partial charge in [-0.1, -0.05) is 0 Å². The SMILES string of the molecule is CNC(=O)c1ccc2c(=O)[nH]c3cc(OCc4ccc(F)cc4F)c(Br)c(=O)n3c2c1. The predicted molar refractivity (Wildman–Crippen MR) is 114 cm³/mol. The zero-order valence-corrected chi connectivity index (χ0v) is 17.5. The van der Waals surface area contributed by atoms with Gasteiger partial charge in [-0.2, -0.15) is 0 Å². The second-order valence-corrected chi connectivity index (χ2v) is 7.43. The standard InChI is InChI=1S/C21H14BrF2N3O4/c1-25-19(28)10-3-5-13-15(6-10)27-17(26-20(13)29)8-16(18(22)21(27)30)31-9-11-2-4-12(23)7-14(11)24/h2-8H,9H2,1H3,(H,25,28)(H,26,29). The van der Waals surface area contributed by atoms with Crippen molar-refractivity contribution >= 4 is 38.4 Å². The molecule has 0 aliphatic carbocycles. The van der Waals surface area contributed by atoms with E-state index in [1.165, 1.54) is 41.8 Å². The molecule has 4 aromatic rings. The van der Waals surface area contributed by atoms with E-state index in [4.69, 9.17) is 4.74 Å². The van der Waals surface area contributed by atoms with Crippen molar-refractivity contribution in [3.05, 3.63) is 90.4 Å². The minimum Gasteiger partial charge on any atom is -0.487 e. The molecule has 0 aliphatic rings. The van der Waals surface area contributed by atoms with Gasteiger partial charge in [0.05, 0.1) is 10.9 Å². The van der Waals surface area contributed by atoms with Crippen LogP contribution in [0.2, 0.25) is 0 Å². The molecule has 0 bridgehead atoms. The Morgan fingerprint density at radius 3 is 2.65 bits per heavy atom. The van der Waals surface area contributed by atoms with Gasteiger partial charge in [0.25, 0.3) is 17.0 Å². The quantitative estimate of drug-likeness (QED) is 0.430. The Morgan fingerprint density at radius 1 is 1.16 bits per heavy atom. The van der Waals surface area contributed by atoms with E-state index in [0.717, 1.165) is 12.1 Å². The molecule has 158 valence electrons. The van der Waals surface area contributed by atoms with Crippen molar-refractivity contribution in [1.29, 1.82) is 0 Å². The number of ether oxygens (including phenoxy) is 1. The molecule has 2 aromatic carbocycles. The number of halogens is 3. The zero-order valence-electron chi connectivity index (χ0n) is 16.0. The Labute approximate surface area is 181 Å². The summed E-state index contributed by atoms with van der Waals surface area (Å²) in [7, 11) is 1.47. The van der Waals surface area contributed by atoms with Crippen LogP contribution in [-0.2, 0) is 6.61 Å². The van der Waals surface area contributed by atoms with Crippen LogP contribution in [0, 0.1) is 11.6 Å². The van der Waals surface area contributed by atoms with Crippen molar-refractivity contribution < 1.29 is 18.3 Å². The number of rotatable bonds is 4. The smallest absolute Gasteiger partial charge is 0.274 e. The van der Waals surface area contributed by atoms with Crippen LogP contribution >= 0.6 is 15.9 Å². The molecule has 31 heavy (non-hydrogen) atoms. The van der Waals surface area contributed by atoms with Crippen molar-refractivity contribution in [1.82, 2.24) is 14.7 Å². The van der Waals surface area contributed by atoms with E-state index in [1.54, 1.807) is 0 Å². The monoisotopic (exact) mass is 489 g/mol. The number of carbonyl (C=O) groups excluding carboxylic acids is 1. The summed E-state index contributed by atoms with van der Waals surface area (Å²) in [5, 5.41) is 2.71. The van der Waals surface area contributed by atoms with E-state index in [1.807, 2.05) is 0 Å². The van der Waals surface area contributed by atoms with E-state index in [0.29, 0.717) is 0 Å². The van der Waals surface area contributed by atoms with E-state index >= 15 is 0 Å². The highest BCUT2D eigenvalue weighted by Crippen LogP contribution is 2.25. The molecule has 2 aromatic heterocycles. The van der Waals surface area contributed by atoms with Crippen molar-refractivity contribution in [2.75, 3.05) is 7.05 Å². The summed E-state index contributed by atoms with van der Waals surface area (Å²) in [6.45, 7) is -0.265. The Hall–Kier alpha value is -3.53. The molecule has 0 unspecified atom stereocenters. The van der Waals surface area contributed by atoms with Gasteiger partial charge in [-0.3, -0.25) is 18.8 Å². The molecule has 0 saturated carbocycles. The van der Waals surface area contributed by atoms with E-state index in [9.17, 15) is 23.2 Å². The number of H-pyrrole nitrogens is 1.